The van der Waals surface area contributed by atoms with E-state index in [0.29, 0.717) is 38.4 Å². The van der Waals surface area contributed by atoms with Crippen molar-refractivity contribution in [3.8, 4) is 5.75 Å². The SMILES string of the molecule is COc1cc(C)c2[nH]ccc2c1CN1CCN(CC(F)(F)F)CC1.Nc1ccccc1C(=O)O. The predicted molar refractivity (Wildman–Crippen MR) is 125 cm³/mol. The Kier molecular flexibility index (Phi) is 8.06. The maximum atomic E-state index is 12.5. The molecule has 34 heavy (non-hydrogen) atoms. The number of para-hydroxylation sites is 1. The molecule has 0 unspecified atom stereocenters. The molecular weight excluding hydrogens is 449 g/mol. The van der Waals surface area contributed by atoms with Crippen molar-refractivity contribution in [1.29, 1.82) is 0 Å². The normalized spacial score (nSPS) is 15.1. The number of aromatic nitrogens is 1. The molecule has 1 aliphatic heterocycles. The Morgan fingerprint density at radius 1 is 1.15 bits per heavy atom. The average molecular weight is 479 g/mol. The first-order chi connectivity index (χ1) is 16.1. The molecule has 10 heteroatoms. The lowest BCUT2D eigenvalue weighted by Crippen LogP contribution is -2.48. The molecule has 2 aromatic carbocycles. The summed E-state index contributed by atoms with van der Waals surface area (Å²) in [5, 5.41) is 9.60. The number of benzene rings is 2. The van der Waals surface area contributed by atoms with Gasteiger partial charge in [0.05, 0.1) is 19.2 Å². The number of alkyl halides is 3. The second kappa shape index (κ2) is 10.8. The van der Waals surface area contributed by atoms with Gasteiger partial charge in [0.15, 0.2) is 0 Å². The Hall–Kier alpha value is -3.24. The van der Waals surface area contributed by atoms with E-state index in [-0.39, 0.29) is 5.56 Å². The highest BCUT2D eigenvalue weighted by molar-refractivity contribution is 5.93. The summed E-state index contributed by atoms with van der Waals surface area (Å²) < 4.78 is 43.0. The van der Waals surface area contributed by atoms with Crippen LogP contribution in [0.3, 0.4) is 0 Å². The molecule has 1 aromatic heterocycles. The summed E-state index contributed by atoms with van der Waals surface area (Å²) in [7, 11) is 1.65. The number of ether oxygens (including phenoxy) is 1. The third-order valence-electron chi connectivity index (χ3n) is 5.77. The van der Waals surface area contributed by atoms with Gasteiger partial charge in [-0.1, -0.05) is 12.1 Å². The van der Waals surface area contributed by atoms with E-state index < -0.39 is 18.7 Å². The van der Waals surface area contributed by atoms with Gasteiger partial charge in [-0.25, -0.2) is 4.79 Å². The number of H-pyrrole nitrogens is 1. The van der Waals surface area contributed by atoms with Crippen LogP contribution in [0.5, 0.6) is 5.75 Å². The Morgan fingerprint density at radius 3 is 2.35 bits per heavy atom. The van der Waals surface area contributed by atoms with Gasteiger partial charge < -0.3 is 20.6 Å². The largest absolute Gasteiger partial charge is 0.496 e. The number of hydrogen-bond donors (Lipinski definition) is 3. The maximum absolute atomic E-state index is 12.5. The molecule has 0 bridgehead atoms. The van der Waals surface area contributed by atoms with Gasteiger partial charge >= 0.3 is 12.1 Å². The minimum absolute atomic E-state index is 0.155. The third-order valence-corrected chi connectivity index (χ3v) is 5.77. The van der Waals surface area contributed by atoms with E-state index in [9.17, 15) is 18.0 Å². The highest BCUT2D eigenvalue weighted by Crippen LogP contribution is 2.31. The smallest absolute Gasteiger partial charge is 0.401 e. The Bertz CT molecular complexity index is 1120. The van der Waals surface area contributed by atoms with Gasteiger partial charge in [-0.15, -0.1) is 0 Å². The Labute approximate surface area is 195 Å². The maximum Gasteiger partial charge on any atom is 0.401 e. The molecule has 184 valence electrons. The van der Waals surface area contributed by atoms with Crippen LogP contribution in [0, 0.1) is 6.92 Å². The number of anilines is 1. The Morgan fingerprint density at radius 2 is 1.79 bits per heavy atom. The summed E-state index contributed by atoms with van der Waals surface area (Å²) in [5.41, 5.74) is 9.08. The van der Waals surface area contributed by atoms with Gasteiger partial charge in [-0.05, 0) is 36.8 Å². The van der Waals surface area contributed by atoms with Gasteiger partial charge in [-0.3, -0.25) is 9.80 Å². The van der Waals surface area contributed by atoms with E-state index in [1.807, 2.05) is 25.3 Å². The number of nitrogens with two attached hydrogens (primary N) is 1. The van der Waals surface area contributed by atoms with E-state index in [0.717, 1.165) is 27.8 Å². The second-order valence-electron chi connectivity index (χ2n) is 8.20. The molecule has 1 aliphatic rings. The number of carboxylic acid groups (broad SMARTS) is 1. The zero-order chi connectivity index (χ0) is 24.9. The molecule has 0 spiro atoms. The highest BCUT2D eigenvalue weighted by Gasteiger charge is 2.32. The summed E-state index contributed by atoms with van der Waals surface area (Å²) in [6.45, 7) is 4.00. The first kappa shape index (κ1) is 25.4. The average Bonchev–Trinajstić information content (AvgIpc) is 3.27. The molecule has 0 aliphatic carbocycles. The van der Waals surface area contributed by atoms with E-state index in [4.69, 9.17) is 15.6 Å². The number of rotatable bonds is 5. The number of nitrogens with zero attached hydrogens (tertiary/aromatic N) is 2. The lowest BCUT2D eigenvalue weighted by atomic mass is 10.0. The predicted octanol–water partition coefficient (Wildman–Crippen LogP) is 4.13. The monoisotopic (exact) mass is 478 g/mol. The lowest BCUT2D eigenvalue weighted by Gasteiger charge is -2.35. The number of fused-ring (bicyclic) bond motifs is 1. The topological polar surface area (TPSA) is 94.8 Å². The molecule has 4 N–H and O–H groups in total. The van der Waals surface area contributed by atoms with Crippen molar-refractivity contribution in [2.75, 3.05) is 45.6 Å². The number of nitrogen functional groups attached to an aromatic ring is 1. The minimum atomic E-state index is -4.13. The van der Waals surface area contributed by atoms with Crippen LogP contribution in [-0.4, -0.2) is 71.9 Å². The fourth-order valence-electron chi connectivity index (χ4n) is 4.06. The van der Waals surface area contributed by atoms with E-state index in [1.54, 1.807) is 25.3 Å². The zero-order valence-electron chi connectivity index (χ0n) is 19.2. The number of aromatic amines is 1. The quantitative estimate of drug-likeness (QED) is 0.478. The van der Waals surface area contributed by atoms with Crippen molar-refractivity contribution >= 4 is 22.6 Å². The van der Waals surface area contributed by atoms with Crippen molar-refractivity contribution in [3.63, 3.8) is 0 Å². The standard InChI is InChI=1S/C17H22F3N3O.C7H7NO2/c1-12-9-15(24-2)14(13-3-4-21-16(12)13)10-22-5-7-23(8-6-22)11-17(18,19)20;8-6-4-2-1-3-5(6)7(9)10/h3-4,9,21H,5-8,10-11H2,1-2H3;1-4H,8H2,(H,9,10). The molecule has 0 amide bonds. The highest BCUT2D eigenvalue weighted by atomic mass is 19.4. The molecule has 0 radical (unpaired) electrons. The van der Waals surface area contributed by atoms with Crippen LogP contribution < -0.4 is 10.5 Å². The fourth-order valence-corrected chi connectivity index (χ4v) is 4.06. The molecule has 1 fully saturated rings. The first-order valence-electron chi connectivity index (χ1n) is 10.8. The number of nitrogens with one attached hydrogen (secondary N) is 1. The fraction of sp³-hybridized carbons (Fsp3) is 0.375. The molecule has 3 aromatic rings. The molecule has 2 heterocycles. The van der Waals surface area contributed by atoms with Gasteiger partial charge in [0, 0.05) is 61.1 Å². The van der Waals surface area contributed by atoms with Gasteiger partial charge in [0.1, 0.15) is 5.75 Å². The number of aryl methyl sites for hydroxylation is 1. The number of methoxy groups -OCH3 is 1. The molecule has 0 saturated carbocycles. The number of carboxylic acids is 1. The van der Waals surface area contributed by atoms with Crippen LogP contribution in [0.2, 0.25) is 0 Å². The van der Waals surface area contributed by atoms with Crippen molar-refractivity contribution in [1.82, 2.24) is 14.8 Å². The summed E-state index contributed by atoms with van der Waals surface area (Å²) >= 11 is 0. The number of hydrogen-bond acceptors (Lipinski definition) is 5. The van der Waals surface area contributed by atoms with Crippen LogP contribution in [0.4, 0.5) is 18.9 Å². The molecule has 1 saturated heterocycles. The second-order valence-corrected chi connectivity index (χ2v) is 8.20. The summed E-state index contributed by atoms with van der Waals surface area (Å²) in [6.07, 6.45) is -2.22. The zero-order valence-corrected chi connectivity index (χ0v) is 19.2. The number of halogens is 3. The Balaban J connectivity index is 0.000000271. The number of piperazine rings is 1. The number of carbonyl (C=O) groups is 1. The van der Waals surface area contributed by atoms with Gasteiger partial charge in [0.25, 0.3) is 0 Å². The van der Waals surface area contributed by atoms with Crippen molar-refractivity contribution in [2.45, 2.75) is 19.6 Å². The summed E-state index contributed by atoms with van der Waals surface area (Å²) in [5.74, 6) is -0.157. The molecule has 7 nitrogen and oxygen atoms in total. The van der Waals surface area contributed by atoms with Crippen LogP contribution >= 0.6 is 0 Å². The van der Waals surface area contributed by atoms with Gasteiger partial charge in [0.2, 0.25) is 0 Å². The summed E-state index contributed by atoms with van der Waals surface area (Å²) in [4.78, 5) is 17.2. The van der Waals surface area contributed by atoms with Crippen molar-refractivity contribution in [3.05, 3.63) is 59.3 Å². The van der Waals surface area contributed by atoms with E-state index in [2.05, 4.69) is 9.88 Å². The third kappa shape index (κ3) is 6.42. The lowest BCUT2D eigenvalue weighted by molar-refractivity contribution is -0.149. The first-order valence-corrected chi connectivity index (χ1v) is 10.8. The number of aromatic carboxylic acids is 1. The van der Waals surface area contributed by atoms with Crippen LogP contribution in [0.1, 0.15) is 21.5 Å². The van der Waals surface area contributed by atoms with Crippen molar-refractivity contribution < 1.29 is 27.8 Å². The van der Waals surface area contributed by atoms with Crippen molar-refractivity contribution in [2.24, 2.45) is 0 Å². The molecule has 0 atom stereocenters. The van der Waals surface area contributed by atoms with E-state index >= 15 is 0 Å². The minimum Gasteiger partial charge on any atom is -0.496 e. The summed E-state index contributed by atoms with van der Waals surface area (Å²) in [6, 6.07) is 10.4. The van der Waals surface area contributed by atoms with Crippen LogP contribution in [-0.2, 0) is 6.54 Å². The van der Waals surface area contributed by atoms with Crippen LogP contribution in [0.25, 0.3) is 10.9 Å². The van der Waals surface area contributed by atoms with E-state index in [1.165, 1.54) is 11.0 Å². The van der Waals surface area contributed by atoms with Crippen LogP contribution in [0.15, 0.2) is 42.6 Å². The molecule has 4 rings (SSSR count). The van der Waals surface area contributed by atoms with Gasteiger partial charge in [-0.2, -0.15) is 13.2 Å². The molecular formula is C24H29F3N4O3.